The number of fused-ring (bicyclic) bond motifs is 1. The summed E-state index contributed by atoms with van der Waals surface area (Å²) in [5.41, 5.74) is 5.41. The Balaban J connectivity index is 2.97. The van der Waals surface area contributed by atoms with Crippen molar-refractivity contribution in [2.24, 2.45) is 0 Å². The number of rotatable bonds is 0. The zero-order valence-corrected chi connectivity index (χ0v) is 7.55. The van der Waals surface area contributed by atoms with Crippen LogP contribution in [0.1, 0.15) is 0 Å². The molecule has 0 aliphatic rings. The maximum absolute atomic E-state index is 13.2. The molecule has 12 heavy (non-hydrogen) atoms. The number of anilines is 1. The number of thiophene rings is 1. The fraction of sp³-hybridized carbons (Fsp3) is 0. The Morgan fingerprint density at radius 3 is 2.83 bits per heavy atom. The molecule has 1 nitrogen and oxygen atoms in total. The fourth-order valence-electron chi connectivity index (χ4n) is 1.09. The van der Waals surface area contributed by atoms with Crippen molar-refractivity contribution in [3.05, 3.63) is 29.0 Å². The zero-order chi connectivity index (χ0) is 8.72. The first-order valence-electron chi connectivity index (χ1n) is 3.32. The van der Waals surface area contributed by atoms with E-state index >= 15 is 0 Å². The molecule has 0 radical (unpaired) electrons. The van der Waals surface area contributed by atoms with E-state index in [1.54, 1.807) is 18.2 Å². The van der Waals surface area contributed by atoms with Crippen LogP contribution >= 0.6 is 22.9 Å². The molecular formula is C8H5ClFNS. The number of hydrogen-bond acceptors (Lipinski definition) is 2. The summed E-state index contributed by atoms with van der Waals surface area (Å²) in [5, 5.41) is 1.04. The van der Waals surface area contributed by atoms with E-state index in [1.807, 2.05) is 0 Å². The Kier molecular flexibility index (Phi) is 1.70. The highest BCUT2D eigenvalue weighted by atomic mass is 35.5. The van der Waals surface area contributed by atoms with Gasteiger partial charge in [0.05, 0.1) is 5.02 Å². The minimum atomic E-state index is -0.402. The molecular weight excluding hydrogens is 197 g/mol. The first-order valence-corrected chi connectivity index (χ1v) is 4.51. The summed E-state index contributed by atoms with van der Waals surface area (Å²) < 4.78 is 14.0. The Morgan fingerprint density at radius 1 is 1.42 bits per heavy atom. The quantitative estimate of drug-likeness (QED) is 0.696. The van der Waals surface area contributed by atoms with Gasteiger partial charge >= 0.3 is 0 Å². The summed E-state index contributed by atoms with van der Waals surface area (Å²) >= 11 is 7.00. The molecule has 2 rings (SSSR count). The molecule has 0 saturated carbocycles. The van der Waals surface area contributed by atoms with E-state index in [0.717, 1.165) is 4.70 Å². The van der Waals surface area contributed by atoms with Crippen molar-refractivity contribution in [1.29, 1.82) is 0 Å². The van der Waals surface area contributed by atoms with Crippen LogP contribution < -0.4 is 5.73 Å². The van der Waals surface area contributed by atoms with E-state index in [9.17, 15) is 4.39 Å². The SMILES string of the molecule is Nc1sc2cccc(Cl)c2c1F. The van der Waals surface area contributed by atoms with Crippen molar-refractivity contribution in [2.45, 2.75) is 0 Å². The summed E-state index contributed by atoms with van der Waals surface area (Å²) in [5.74, 6) is -0.402. The van der Waals surface area contributed by atoms with E-state index in [-0.39, 0.29) is 5.00 Å². The van der Waals surface area contributed by atoms with Gasteiger partial charge in [-0.3, -0.25) is 0 Å². The van der Waals surface area contributed by atoms with Crippen LogP contribution in [0.5, 0.6) is 0 Å². The third-order valence-electron chi connectivity index (χ3n) is 1.63. The second-order valence-electron chi connectivity index (χ2n) is 2.39. The molecule has 0 bridgehead atoms. The summed E-state index contributed by atoms with van der Waals surface area (Å²) in [4.78, 5) is 0. The van der Waals surface area contributed by atoms with Gasteiger partial charge in [-0.25, -0.2) is 4.39 Å². The molecule has 62 valence electrons. The van der Waals surface area contributed by atoms with Gasteiger partial charge in [0.2, 0.25) is 0 Å². The Labute approximate surface area is 77.6 Å². The summed E-state index contributed by atoms with van der Waals surface area (Å²) in [7, 11) is 0. The molecule has 0 aliphatic carbocycles. The molecule has 0 atom stereocenters. The monoisotopic (exact) mass is 201 g/mol. The van der Waals surface area contributed by atoms with Crippen molar-refractivity contribution < 1.29 is 4.39 Å². The Bertz CT molecular complexity index is 438. The van der Waals surface area contributed by atoms with Gasteiger partial charge in [-0.2, -0.15) is 0 Å². The van der Waals surface area contributed by atoms with Crippen LogP contribution in [0.25, 0.3) is 10.1 Å². The molecule has 1 aromatic carbocycles. The third-order valence-corrected chi connectivity index (χ3v) is 2.91. The molecule has 1 heterocycles. The van der Waals surface area contributed by atoms with Crippen molar-refractivity contribution in [1.82, 2.24) is 0 Å². The second-order valence-corrected chi connectivity index (χ2v) is 3.88. The van der Waals surface area contributed by atoms with E-state index in [2.05, 4.69) is 0 Å². The number of halogens is 2. The lowest BCUT2D eigenvalue weighted by Gasteiger charge is -1.91. The van der Waals surface area contributed by atoms with E-state index in [4.69, 9.17) is 17.3 Å². The molecule has 2 aromatic rings. The van der Waals surface area contributed by atoms with Gasteiger partial charge in [-0.15, -0.1) is 11.3 Å². The zero-order valence-electron chi connectivity index (χ0n) is 5.97. The second kappa shape index (κ2) is 2.61. The summed E-state index contributed by atoms with van der Waals surface area (Å²) in [6.45, 7) is 0. The summed E-state index contributed by atoms with van der Waals surface area (Å²) in [6, 6.07) is 5.23. The average Bonchev–Trinajstić information content (AvgIpc) is 2.29. The molecule has 2 N–H and O–H groups in total. The first kappa shape index (κ1) is 7.83. The number of nitrogens with two attached hydrogens (primary N) is 1. The van der Waals surface area contributed by atoms with Crippen LogP contribution in [-0.2, 0) is 0 Å². The highest BCUT2D eigenvalue weighted by molar-refractivity contribution is 7.22. The van der Waals surface area contributed by atoms with Crippen LogP contribution in [0.3, 0.4) is 0 Å². The summed E-state index contributed by atoms with van der Waals surface area (Å²) in [6.07, 6.45) is 0. The molecule has 0 aliphatic heterocycles. The number of nitrogen functional groups attached to an aromatic ring is 1. The topological polar surface area (TPSA) is 26.0 Å². The Hall–Kier alpha value is -0.800. The van der Waals surface area contributed by atoms with Gasteiger partial charge in [0.25, 0.3) is 0 Å². The lowest BCUT2D eigenvalue weighted by molar-refractivity contribution is 0.648. The third kappa shape index (κ3) is 0.974. The molecule has 0 spiro atoms. The van der Waals surface area contributed by atoms with Gasteiger partial charge in [-0.1, -0.05) is 17.7 Å². The standard InChI is InChI=1S/C8H5ClFNS/c9-4-2-1-3-5-6(4)7(10)8(11)12-5/h1-3H,11H2. The molecule has 0 saturated heterocycles. The van der Waals surface area contributed by atoms with Crippen molar-refractivity contribution >= 4 is 38.0 Å². The molecule has 4 heteroatoms. The minimum absolute atomic E-state index is 0.193. The van der Waals surface area contributed by atoms with Crippen molar-refractivity contribution in [2.75, 3.05) is 5.73 Å². The largest absolute Gasteiger partial charge is 0.388 e. The van der Waals surface area contributed by atoms with E-state index in [1.165, 1.54) is 11.3 Å². The van der Waals surface area contributed by atoms with Gasteiger partial charge in [0.15, 0.2) is 5.82 Å². The van der Waals surface area contributed by atoms with Crippen LogP contribution in [0.2, 0.25) is 5.02 Å². The number of benzene rings is 1. The molecule has 0 unspecified atom stereocenters. The maximum atomic E-state index is 13.2. The lowest BCUT2D eigenvalue weighted by Crippen LogP contribution is -1.81. The van der Waals surface area contributed by atoms with E-state index < -0.39 is 5.82 Å². The van der Waals surface area contributed by atoms with Gasteiger partial charge in [0.1, 0.15) is 5.00 Å². The van der Waals surface area contributed by atoms with Crippen molar-refractivity contribution in [3.63, 3.8) is 0 Å². The van der Waals surface area contributed by atoms with Crippen LogP contribution in [0.4, 0.5) is 9.39 Å². The average molecular weight is 202 g/mol. The number of hydrogen-bond donors (Lipinski definition) is 1. The molecule has 0 fully saturated rings. The minimum Gasteiger partial charge on any atom is -0.388 e. The molecule has 1 aromatic heterocycles. The highest BCUT2D eigenvalue weighted by Gasteiger charge is 2.11. The molecule has 0 amide bonds. The fourth-order valence-corrected chi connectivity index (χ4v) is 2.28. The van der Waals surface area contributed by atoms with Crippen LogP contribution in [0, 0.1) is 5.82 Å². The van der Waals surface area contributed by atoms with Gasteiger partial charge in [0, 0.05) is 10.1 Å². The first-order chi connectivity index (χ1) is 5.70. The maximum Gasteiger partial charge on any atom is 0.166 e. The van der Waals surface area contributed by atoms with Gasteiger partial charge < -0.3 is 5.73 Å². The van der Waals surface area contributed by atoms with Crippen LogP contribution in [-0.4, -0.2) is 0 Å². The van der Waals surface area contributed by atoms with Crippen molar-refractivity contribution in [3.8, 4) is 0 Å². The predicted molar refractivity (Wildman–Crippen MR) is 51.2 cm³/mol. The van der Waals surface area contributed by atoms with Gasteiger partial charge in [-0.05, 0) is 12.1 Å². The Morgan fingerprint density at radius 2 is 2.17 bits per heavy atom. The normalized spacial score (nSPS) is 10.8. The van der Waals surface area contributed by atoms with E-state index in [0.29, 0.717) is 10.4 Å². The van der Waals surface area contributed by atoms with Crippen LogP contribution in [0.15, 0.2) is 18.2 Å². The smallest absolute Gasteiger partial charge is 0.166 e. The highest BCUT2D eigenvalue weighted by Crippen LogP contribution is 2.35. The predicted octanol–water partition coefficient (Wildman–Crippen LogP) is 3.28. The lowest BCUT2D eigenvalue weighted by atomic mass is 10.2.